The molecule has 0 aromatic heterocycles. The number of sulfonamides is 1. The van der Waals surface area contributed by atoms with E-state index in [4.69, 9.17) is 15.6 Å². The number of hydrogen-bond acceptors (Lipinski definition) is 4. The van der Waals surface area contributed by atoms with Crippen molar-refractivity contribution in [2.75, 3.05) is 0 Å². The largest absolute Gasteiger partial charge is 0.481 e. The fourth-order valence-electron chi connectivity index (χ4n) is 1.28. The van der Waals surface area contributed by atoms with Gasteiger partial charge in [-0.25, -0.2) is 13.6 Å². The summed E-state index contributed by atoms with van der Waals surface area (Å²) in [5, 5.41) is 5.01. The maximum Gasteiger partial charge on any atom is 0.258 e. The van der Waals surface area contributed by atoms with Crippen LogP contribution in [-0.4, -0.2) is 20.4 Å². The van der Waals surface area contributed by atoms with Gasteiger partial charge in [0.25, 0.3) is 5.91 Å². The summed E-state index contributed by atoms with van der Waals surface area (Å²) in [5.41, 5.74) is 5.49. The van der Waals surface area contributed by atoms with E-state index in [1.54, 1.807) is 6.92 Å². The molecule has 1 aromatic carbocycles. The Hall–Kier alpha value is -1.60. The fourth-order valence-corrected chi connectivity index (χ4v) is 2.04. The van der Waals surface area contributed by atoms with Gasteiger partial charge in [0.15, 0.2) is 6.10 Å². The molecule has 0 fully saturated rings. The third kappa shape index (κ3) is 3.43. The zero-order valence-corrected chi connectivity index (χ0v) is 10.3. The van der Waals surface area contributed by atoms with Gasteiger partial charge in [-0.05, 0) is 37.6 Å². The van der Waals surface area contributed by atoms with Crippen molar-refractivity contribution in [3.05, 3.63) is 23.8 Å². The number of ether oxygens (including phenoxy) is 1. The number of primary amides is 1. The van der Waals surface area contributed by atoms with Gasteiger partial charge >= 0.3 is 0 Å². The van der Waals surface area contributed by atoms with Crippen LogP contribution in [0.4, 0.5) is 0 Å². The number of nitrogens with two attached hydrogens (primary N) is 2. The molecule has 4 N–H and O–H groups in total. The number of hydrogen-bond donors (Lipinski definition) is 2. The normalized spacial score (nSPS) is 13.1. The molecule has 6 nitrogen and oxygen atoms in total. The Labute approximate surface area is 99.6 Å². The Kier molecular flexibility index (Phi) is 3.74. The number of rotatable bonds is 4. The third-order valence-electron chi connectivity index (χ3n) is 2.17. The zero-order valence-electron chi connectivity index (χ0n) is 9.51. The summed E-state index contributed by atoms with van der Waals surface area (Å²) in [4.78, 5) is 10.8. The van der Waals surface area contributed by atoms with E-state index in [1.807, 2.05) is 0 Å². The van der Waals surface area contributed by atoms with Crippen molar-refractivity contribution >= 4 is 15.9 Å². The highest BCUT2D eigenvalue weighted by atomic mass is 32.2. The van der Waals surface area contributed by atoms with Gasteiger partial charge in [-0.1, -0.05) is 0 Å². The van der Waals surface area contributed by atoms with E-state index in [2.05, 4.69) is 0 Å². The van der Waals surface area contributed by atoms with Crippen LogP contribution < -0.4 is 15.6 Å². The molecule has 94 valence electrons. The maximum absolute atomic E-state index is 11.2. The highest BCUT2D eigenvalue weighted by molar-refractivity contribution is 7.89. The first kappa shape index (κ1) is 13.5. The van der Waals surface area contributed by atoms with Gasteiger partial charge in [-0.15, -0.1) is 0 Å². The van der Waals surface area contributed by atoms with Gasteiger partial charge in [0.05, 0.1) is 4.90 Å². The first-order valence-corrected chi connectivity index (χ1v) is 6.36. The Morgan fingerprint density at radius 1 is 1.41 bits per heavy atom. The fraction of sp³-hybridized carbons (Fsp3) is 0.300. The van der Waals surface area contributed by atoms with Gasteiger partial charge in [0.2, 0.25) is 10.0 Å². The average molecular weight is 258 g/mol. The van der Waals surface area contributed by atoms with E-state index in [1.165, 1.54) is 25.1 Å². The van der Waals surface area contributed by atoms with Crippen LogP contribution in [0.5, 0.6) is 5.75 Å². The molecular weight excluding hydrogens is 244 g/mol. The number of primary sulfonamides is 1. The molecule has 17 heavy (non-hydrogen) atoms. The van der Waals surface area contributed by atoms with E-state index in [9.17, 15) is 13.2 Å². The first-order valence-electron chi connectivity index (χ1n) is 4.81. The smallest absolute Gasteiger partial charge is 0.258 e. The van der Waals surface area contributed by atoms with Crippen molar-refractivity contribution in [1.82, 2.24) is 0 Å². The second-order valence-electron chi connectivity index (χ2n) is 3.63. The maximum atomic E-state index is 11.2. The molecule has 0 spiro atoms. The second-order valence-corrected chi connectivity index (χ2v) is 5.16. The van der Waals surface area contributed by atoms with Crippen molar-refractivity contribution in [2.45, 2.75) is 24.8 Å². The van der Waals surface area contributed by atoms with Gasteiger partial charge in [0.1, 0.15) is 5.75 Å². The lowest BCUT2D eigenvalue weighted by atomic mass is 10.2. The van der Waals surface area contributed by atoms with Crippen molar-refractivity contribution in [2.24, 2.45) is 10.9 Å². The van der Waals surface area contributed by atoms with Crippen LogP contribution in [0.15, 0.2) is 23.1 Å². The van der Waals surface area contributed by atoms with Gasteiger partial charge in [0, 0.05) is 0 Å². The molecule has 0 saturated carbocycles. The van der Waals surface area contributed by atoms with E-state index in [0.717, 1.165) is 0 Å². The van der Waals surface area contributed by atoms with Gasteiger partial charge in [-0.3, -0.25) is 4.79 Å². The number of amides is 1. The molecule has 1 amide bonds. The van der Waals surface area contributed by atoms with Gasteiger partial charge in [-0.2, -0.15) is 0 Å². The van der Waals surface area contributed by atoms with Crippen molar-refractivity contribution < 1.29 is 17.9 Å². The predicted octanol–water partition coefficient (Wildman–Crippen LogP) is -0.105. The van der Waals surface area contributed by atoms with Crippen LogP contribution in [0.25, 0.3) is 0 Å². The second kappa shape index (κ2) is 4.72. The van der Waals surface area contributed by atoms with E-state index in [-0.39, 0.29) is 4.90 Å². The van der Waals surface area contributed by atoms with Gasteiger partial charge < -0.3 is 10.5 Å². The topological polar surface area (TPSA) is 112 Å². The Morgan fingerprint density at radius 2 is 2.00 bits per heavy atom. The molecule has 7 heteroatoms. The first-order chi connectivity index (χ1) is 7.71. The van der Waals surface area contributed by atoms with Crippen molar-refractivity contribution in [3.8, 4) is 5.75 Å². The van der Waals surface area contributed by atoms with Crippen molar-refractivity contribution in [3.63, 3.8) is 0 Å². The van der Waals surface area contributed by atoms with Crippen molar-refractivity contribution in [1.29, 1.82) is 0 Å². The van der Waals surface area contributed by atoms with Crippen LogP contribution in [0.2, 0.25) is 0 Å². The predicted molar refractivity (Wildman–Crippen MR) is 61.8 cm³/mol. The summed E-state index contributed by atoms with van der Waals surface area (Å²) in [6.45, 7) is 3.09. The number of carbonyl (C=O) groups is 1. The highest BCUT2D eigenvalue weighted by Gasteiger charge is 2.14. The minimum Gasteiger partial charge on any atom is -0.481 e. The lowest BCUT2D eigenvalue weighted by Crippen LogP contribution is -2.30. The quantitative estimate of drug-likeness (QED) is 0.784. The Balaban J connectivity index is 3.02. The molecule has 1 unspecified atom stereocenters. The Bertz CT molecular complexity index is 539. The summed E-state index contributed by atoms with van der Waals surface area (Å²) < 4.78 is 27.5. The minimum absolute atomic E-state index is 0.0246. The molecular formula is C10H14N2O4S. The van der Waals surface area contributed by atoms with E-state index >= 15 is 0 Å². The molecule has 0 radical (unpaired) electrons. The summed E-state index contributed by atoms with van der Waals surface area (Å²) >= 11 is 0. The Morgan fingerprint density at radius 3 is 2.41 bits per heavy atom. The molecule has 1 atom stereocenters. The average Bonchev–Trinajstić information content (AvgIpc) is 2.15. The molecule has 0 aliphatic rings. The van der Waals surface area contributed by atoms with E-state index in [0.29, 0.717) is 11.3 Å². The number of benzene rings is 1. The van der Waals surface area contributed by atoms with Crippen LogP contribution in [0, 0.1) is 6.92 Å². The monoisotopic (exact) mass is 258 g/mol. The van der Waals surface area contributed by atoms with Crippen LogP contribution in [0.1, 0.15) is 12.5 Å². The molecule has 0 bridgehead atoms. The lowest BCUT2D eigenvalue weighted by Gasteiger charge is -2.12. The number of carbonyl (C=O) groups excluding carboxylic acids is 1. The summed E-state index contributed by atoms with van der Waals surface area (Å²) in [6, 6.07) is 4.24. The molecule has 0 aliphatic heterocycles. The highest BCUT2D eigenvalue weighted by Crippen LogP contribution is 2.20. The molecule has 0 aliphatic carbocycles. The molecule has 1 aromatic rings. The summed E-state index contributed by atoms with van der Waals surface area (Å²) in [7, 11) is -3.74. The molecule has 1 rings (SSSR count). The van der Waals surface area contributed by atoms with Crippen LogP contribution >= 0.6 is 0 Å². The van der Waals surface area contributed by atoms with Crippen LogP contribution in [-0.2, 0) is 14.8 Å². The SMILES string of the molecule is Cc1cc(OC(C)C(N)=O)ccc1S(N)(=O)=O. The third-order valence-corrected chi connectivity index (χ3v) is 3.24. The zero-order chi connectivity index (χ0) is 13.2. The van der Waals surface area contributed by atoms with Crippen LogP contribution in [0.3, 0.4) is 0 Å². The summed E-state index contributed by atoms with van der Waals surface area (Å²) in [6.07, 6.45) is -0.783. The van der Waals surface area contributed by atoms with E-state index < -0.39 is 22.0 Å². The molecule has 0 heterocycles. The summed E-state index contributed by atoms with van der Waals surface area (Å²) in [5.74, 6) is -0.237. The molecule has 0 saturated heterocycles. The lowest BCUT2D eigenvalue weighted by molar-refractivity contribution is -0.123. The standard InChI is InChI=1S/C10H14N2O4S/c1-6-5-8(16-7(2)10(11)13)3-4-9(6)17(12,14)15/h3-5,7H,1-2H3,(H2,11,13)(H2,12,14,15). The minimum atomic E-state index is -3.74. The number of aryl methyl sites for hydroxylation is 1.